The summed E-state index contributed by atoms with van der Waals surface area (Å²) in [5, 5.41) is 9.30. The summed E-state index contributed by atoms with van der Waals surface area (Å²) in [6, 6.07) is 37.4. The molecule has 0 amide bonds. The van der Waals surface area contributed by atoms with Gasteiger partial charge in [0, 0.05) is 57.7 Å². The molecule has 5 aromatic carbocycles. The van der Waals surface area contributed by atoms with Gasteiger partial charge in [-0.1, -0.05) is 66.8 Å². The van der Waals surface area contributed by atoms with Crippen LogP contribution in [0.2, 0.25) is 0 Å². The number of benzene rings is 4. The van der Waals surface area contributed by atoms with Gasteiger partial charge in [0.05, 0.1) is 39.5 Å². The van der Waals surface area contributed by atoms with Gasteiger partial charge in [-0.25, -0.2) is 24.3 Å². The molecule has 11 rings (SSSR count). The second-order valence-corrected chi connectivity index (χ2v) is 14.3. The lowest BCUT2D eigenvalue weighted by molar-refractivity contribution is 0.955. The molecule has 1 unspecified atom stereocenters. The monoisotopic (exact) mass is 753 g/mol. The summed E-state index contributed by atoms with van der Waals surface area (Å²) in [6.07, 6.45) is 18.6. The number of aromatic nitrogens is 8. The first-order valence-electron chi connectivity index (χ1n) is 19.2. The van der Waals surface area contributed by atoms with E-state index in [0.717, 1.165) is 79.1 Å². The van der Waals surface area contributed by atoms with E-state index in [0.29, 0.717) is 17.4 Å². The van der Waals surface area contributed by atoms with Crippen molar-refractivity contribution in [3.05, 3.63) is 175 Å². The van der Waals surface area contributed by atoms with Crippen LogP contribution in [-0.4, -0.2) is 44.7 Å². The molecule has 0 radical (unpaired) electrons. The molecule has 0 spiro atoms. The van der Waals surface area contributed by atoms with E-state index in [2.05, 4.69) is 103 Å². The molecule has 278 valence electrons. The third-order valence-electron chi connectivity index (χ3n) is 10.7. The minimum absolute atomic E-state index is 0.238. The average molecular weight is 754 g/mol. The number of anilines is 4. The molecule has 1 aliphatic heterocycles. The normalized spacial score (nSPS) is 14.0. The van der Waals surface area contributed by atoms with Crippen molar-refractivity contribution in [3.63, 3.8) is 0 Å². The number of allylic oxidation sites excluding steroid dienone is 4. The van der Waals surface area contributed by atoms with E-state index in [4.69, 9.17) is 19.9 Å². The van der Waals surface area contributed by atoms with Crippen molar-refractivity contribution in [2.75, 3.05) is 10.6 Å². The van der Waals surface area contributed by atoms with Gasteiger partial charge in [0.15, 0.2) is 5.82 Å². The Kier molecular flexibility index (Phi) is 7.88. The molecule has 0 saturated carbocycles. The van der Waals surface area contributed by atoms with Crippen LogP contribution in [0.15, 0.2) is 164 Å². The van der Waals surface area contributed by atoms with Gasteiger partial charge in [0.25, 0.3) is 0 Å². The molecule has 10 aromatic rings. The summed E-state index contributed by atoms with van der Waals surface area (Å²) >= 11 is 0. The number of hydrogen-bond acceptors (Lipinski definition) is 8. The van der Waals surface area contributed by atoms with Crippen molar-refractivity contribution in [2.24, 2.45) is 4.99 Å². The topological polar surface area (TPSA) is 115 Å². The Morgan fingerprint density at radius 3 is 2.22 bits per heavy atom. The van der Waals surface area contributed by atoms with Crippen LogP contribution < -0.4 is 10.6 Å². The summed E-state index contributed by atoms with van der Waals surface area (Å²) < 4.78 is 6.11. The summed E-state index contributed by atoms with van der Waals surface area (Å²) in [6.45, 7) is 2.02. The van der Waals surface area contributed by atoms with Gasteiger partial charge in [-0.3, -0.25) is 9.56 Å². The van der Waals surface area contributed by atoms with Gasteiger partial charge >= 0.3 is 0 Å². The highest BCUT2D eigenvalue weighted by atomic mass is 15.2. The van der Waals surface area contributed by atoms with Crippen LogP contribution in [0.4, 0.5) is 28.4 Å². The van der Waals surface area contributed by atoms with E-state index in [-0.39, 0.29) is 5.92 Å². The SMILES string of the molecule is C/C=C\C=C/Cc1cc2c(c(Nc3ccccc3)c1)C(c1nc3ncnc4nc(-n5cnc6cc(-n7cccc7)cc(Nc7ccccc7)c65)c5ccc1c5n34)C=N2. The van der Waals surface area contributed by atoms with Crippen LogP contribution in [0.1, 0.15) is 29.7 Å². The van der Waals surface area contributed by atoms with Crippen LogP contribution >= 0.6 is 0 Å². The van der Waals surface area contributed by atoms with Crippen molar-refractivity contribution in [2.45, 2.75) is 19.3 Å². The molecule has 1 aliphatic rings. The van der Waals surface area contributed by atoms with Crippen molar-refractivity contribution in [3.8, 4) is 11.5 Å². The van der Waals surface area contributed by atoms with Crippen molar-refractivity contribution in [1.82, 2.24) is 38.5 Å². The summed E-state index contributed by atoms with van der Waals surface area (Å²) in [7, 11) is 0. The van der Waals surface area contributed by atoms with E-state index in [9.17, 15) is 0 Å². The van der Waals surface area contributed by atoms with E-state index in [1.165, 1.54) is 11.9 Å². The summed E-state index contributed by atoms with van der Waals surface area (Å²) in [5.41, 5.74) is 11.5. The van der Waals surface area contributed by atoms with Gasteiger partial charge in [-0.15, -0.1) is 0 Å². The standard InChI is InChI=1S/C47H35N11/c1-2-3-4-7-14-30-23-37-41(38(24-30)52-31-15-8-5-9-16-31)36(27-48-37)42-34-19-20-35-43(34)58-46(54-42)49-28-50-47(58)55-45(35)57-29-51-39-25-33(56-21-12-13-22-56)26-40(44(39)57)53-32-17-10-6-11-18-32/h2-13,15-29,36,52-53H,14H2,1H3/b3-2-,7-4-. The molecule has 0 fully saturated rings. The Hall–Kier alpha value is -7.92. The number of hydrogen-bond donors (Lipinski definition) is 2. The molecular formula is C47H35N11. The molecule has 1 atom stereocenters. The van der Waals surface area contributed by atoms with Gasteiger partial charge in [-0.05, 0) is 85.6 Å². The highest BCUT2D eigenvalue weighted by Gasteiger charge is 2.31. The second-order valence-electron chi connectivity index (χ2n) is 14.3. The molecule has 2 N–H and O–H groups in total. The Morgan fingerprint density at radius 2 is 1.45 bits per heavy atom. The molecule has 0 bridgehead atoms. The van der Waals surface area contributed by atoms with Gasteiger partial charge in [0.2, 0.25) is 11.6 Å². The molecule has 6 heterocycles. The van der Waals surface area contributed by atoms with Crippen LogP contribution in [0.25, 0.3) is 50.4 Å². The first-order chi connectivity index (χ1) is 28.7. The maximum atomic E-state index is 5.24. The summed E-state index contributed by atoms with van der Waals surface area (Å²) in [4.78, 5) is 29.7. The third-order valence-corrected chi connectivity index (χ3v) is 10.7. The number of para-hydroxylation sites is 2. The zero-order chi connectivity index (χ0) is 38.6. The number of rotatable bonds is 10. The number of imidazole rings is 1. The quantitative estimate of drug-likeness (QED) is 0.134. The lowest BCUT2D eigenvalue weighted by Crippen LogP contribution is -2.12. The number of nitrogens with zero attached hydrogens (tertiary/aromatic N) is 9. The van der Waals surface area contributed by atoms with Crippen LogP contribution in [-0.2, 0) is 6.42 Å². The molecule has 0 saturated heterocycles. The first-order valence-corrected chi connectivity index (χ1v) is 19.2. The Labute approximate surface area is 332 Å². The Balaban J connectivity index is 1.09. The fourth-order valence-corrected chi connectivity index (χ4v) is 8.12. The highest BCUT2D eigenvalue weighted by molar-refractivity contribution is 6.07. The van der Waals surface area contributed by atoms with Gasteiger partial charge < -0.3 is 15.2 Å². The molecular weight excluding hydrogens is 719 g/mol. The fraction of sp³-hybridized carbons (Fsp3) is 0.0638. The van der Waals surface area contributed by atoms with Crippen LogP contribution in [0.5, 0.6) is 0 Å². The Morgan fingerprint density at radius 1 is 0.707 bits per heavy atom. The van der Waals surface area contributed by atoms with E-state index < -0.39 is 0 Å². The smallest absolute Gasteiger partial charge is 0.240 e. The minimum Gasteiger partial charge on any atom is -0.355 e. The minimum atomic E-state index is -0.238. The maximum absolute atomic E-state index is 5.24. The van der Waals surface area contributed by atoms with Crippen molar-refractivity contribution >= 4 is 73.5 Å². The Bertz CT molecular complexity index is 3210. The predicted molar refractivity (Wildman–Crippen MR) is 232 cm³/mol. The maximum Gasteiger partial charge on any atom is 0.240 e. The van der Waals surface area contributed by atoms with Crippen LogP contribution in [0, 0.1) is 0 Å². The number of nitrogens with one attached hydrogen (secondary N) is 2. The first kappa shape index (κ1) is 33.4. The molecule has 58 heavy (non-hydrogen) atoms. The van der Waals surface area contributed by atoms with Gasteiger partial charge in [0.1, 0.15) is 12.7 Å². The molecule has 0 aliphatic carbocycles. The third kappa shape index (κ3) is 5.59. The van der Waals surface area contributed by atoms with Crippen molar-refractivity contribution < 1.29 is 0 Å². The second kappa shape index (κ2) is 13.7. The number of fused-ring (bicyclic) bond motifs is 2. The van der Waals surface area contributed by atoms with Gasteiger partial charge in [-0.2, -0.15) is 4.98 Å². The zero-order valence-electron chi connectivity index (χ0n) is 31.4. The predicted octanol–water partition coefficient (Wildman–Crippen LogP) is 10.4. The highest BCUT2D eigenvalue weighted by Crippen LogP contribution is 2.46. The lowest BCUT2D eigenvalue weighted by Gasteiger charge is -2.19. The largest absolute Gasteiger partial charge is 0.355 e. The zero-order valence-corrected chi connectivity index (χ0v) is 31.4. The van der Waals surface area contributed by atoms with E-state index in [1.807, 2.05) is 96.9 Å². The van der Waals surface area contributed by atoms with Crippen LogP contribution in [0.3, 0.4) is 0 Å². The fourth-order valence-electron chi connectivity index (χ4n) is 8.12. The lowest BCUT2D eigenvalue weighted by atomic mass is 9.92. The summed E-state index contributed by atoms with van der Waals surface area (Å²) in [5.74, 6) is 1.49. The molecule has 5 aromatic heterocycles. The van der Waals surface area contributed by atoms with Crippen molar-refractivity contribution in [1.29, 1.82) is 0 Å². The molecule has 11 nitrogen and oxygen atoms in total. The van der Waals surface area contributed by atoms with E-state index in [1.54, 1.807) is 0 Å². The number of aliphatic imine (C=N–C) groups is 1. The molecule has 11 heteroatoms. The van der Waals surface area contributed by atoms with E-state index >= 15 is 0 Å². The average Bonchev–Trinajstić information content (AvgIpc) is 4.09.